The number of carbonyl (C=O) groups excluding carboxylic acids is 3. The van der Waals surface area contributed by atoms with E-state index in [9.17, 15) is 14.4 Å². The van der Waals surface area contributed by atoms with Crippen LogP contribution < -0.4 is 5.32 Å². The van der Waals surface area contributed by atoms with Crippen LogP contribution in [0.15, 0.2) is 60.7 Å². The summed E-state index contributed by atoms with van der Waals surface area (Å²) in [5.41, 5.74) is 0.842. The number of rotatable bonds is 7. The fourth-order valence-electron chi connectivity index (χ4n) is 2.11. The Labute approximate surface area is 145 Å². The highest BCUT2D eigenvalue weighted by molar-refractivity contribution is 5.93. The van der Waals surface area contributed by atoms with E-state index in [0.29, 0.717) is 11.1 Å². The van der Waals surface area contributed by atoms with E-state index in [1.54, 1.807) is 67.6 Å². The molecule has 0 bridgehead atoms. The number of ether oxygens (including phenoxy) is 2. The highest BCUT2D eigenvalue weighted by atomic mass is 16.5. The Bertz CT molecular complexity index is 715. The van der Waals surface area contributed by atoms with Crippen LogP contribution in [0.3, 0.4) is 0 Å². The molecule has 25 heavy (non-hydrogen) atoms. The standard InChI is InChI=1S/C19H19NO5/c1-2-24-16(21)13-20-18(22)17(14-9-5-3-6-10-14)25-19(23)15-11-7-4-8-12-15/h3-12,17H,2,13H2,1H3,(H,20,22). The van der Waals surface area contributed by atoms with Gasteiger partial charge in [-0.2, -0.15) is 0 Å². The third-order valence-corrected chi connectivity index (χ3v) is 3.29. The molecule has 0 heterocycles. The van der Waals surface area contributed by atoms with E-state index in [-0.39, 0.29) is 13.2 Å². The molecule has 2 rings (SSSR count). The van der Waals surface area contributed by atoms with Gasteiger partial charge in [0.1, 0.15) is 6.54 Å². The van der Waals surface area contributed by atoms with E-state index in [1.807, 2.05) is 0 Å². The molecule has 6 heteroatoms. The van der Waals surface area contributed by atoms with E-state index in [2.05, 4.69) is 5.32 Å². The molecule has 0 saturated carbocycles. The number of hydrogen-bond acceptors (Lipinski definition) is 5. The van der Waals surface area contributed by atoms with Crippen LogP contribution in [0, 0.1) is 0 Å². The summed E-state index contributed by atoms with van der Waals surface area (Å²) in [5, 5.41) is 2.43. The highest BCUT2D eigenvalue weighted by Crippen LogP contribution is 2.19. The average molecular weight is 341 g/mol. The second-order valence-electron chi connectivity index (χ2n) is 5.08. The third-order valence-electron chi connectivity index (χ3n) is 3.29. The quantitative estimate of drug-likeness (QED) is 0.781. The molecular formula is C19H19NO5. The average Bonchev–Trinajstić information content (AvgIpc) is 2.65. The van der Waals surface area contributed by atoms with Crippen LogP contribution in [0.25, 0.3) is 0 Å². The molecular weight excluding hydrogens is 322 g/mol. The number of amides is 1. The van der Waals surface area contributed by atoms with E-state index in [4.69, 9.17) is 9.47 Å². The van der Waals surface area contributed by atoms with Crippen LogP contribution in [-0.4, -0.2) is 31.0 Å². The van der Waals surface area contributed by atoms with Crippen molar-refractivity contribution in [1.82, 2.24) is 5.32 Å². The summed E-state index contributed by atoms with van der Waals surface area (Å²) in [7, 11) is 0. The van der Waals surface area contributed by atoms with Crippen molar-refractivity contribution in [2.24, 2.45) is 0 Å². The number of carbonyl (C=O) groups is 3. The van der Waals surface area contributed by atoms with Crippen molar-refractivity contribution in [2.75, 3.05) is 13.2 Å². The second-order valence-corrected chi connectivity index (χ2v) is 5.08. The smallest absolute Gasteiger partial charge is 0.339 e. The van der Waals surface area contributed by atoms with Gasteiger partial charge in [0.2, 0.25) is 6.10 Å². The molecule has 1 atom stereocenters. The number of esters is 2. The second kappa shape index (κ2) is 9.22. The third kappa shape index (κ3) is 5.46. The van der Waals surface area contributed by atoms with Crippen LogP contribution >= 0.6 is 0 Å². The summed E-state index contributed by atoms with van der Waals surface area (Å²) in [6.07, 6.45) is -1.16. The van der Waals surface area contributed by atoms with Crippen molar-refractivity contribution in [2.45, 2.75) is 13.0 Å². The first-order chi connectivity index (χ1) is 12.1. The van der Waals surface area contributed by atoms with Crippen LogP contribution in [0.4, 0.5) is 0 Å². The van der Waals surface area contributed by atoms with E-state index in [0.717, 1.165) is 0 Å². The minimum atomic E-state index is -1.16. The van der Waals surface area contributed by atoms with E-state index < -0.39 is 23.9 Å². The predicted molar refractivity (Wildman–Crippen MR) is 90.7 cm³/mol. The van der Waals surface area contributed by atoms with Gasteiger partial charge in [-0.25, -0.2) is 4.79 Å². The van der Waals surface area contributed by atoms with Gasteiger partial charge in [0.15, 0.2) is 0 Å². The van der Waals surface area contributed by atoms with Gasteiger partial charge in [-0.05, 0) is 19.1 Å². The Morgan fingerprint density at radius 2 is 1.56 bits per heavy atom. The molecule has 6 nitrogen and oxygen atoms in total. The summed E-state index contributed by atoms with van der Waals surface area (Å²) in [6.45, 7) is 1.60. The van der Waals surface area contributed by atoms with Crippen molar-refractivity contribution in [1.29, 1.82) is 0 Å². The minimum Gasteiger partial charge on any atom is -0.465 e. The molecule has 130 valence electrons. The minimum absolute atomic E-state index is 0.222. The molecule has 2 aromatic rings. The molecule has 1 unspecified atom stereocenters. The van der Waals surface area contributed by atoms with Gasteiger partial charge in [-0.3, -0.25) is 9.59 Å². The Morgan fingerprint density at radius 3 is 2.16 bits per heavy atom. The lowest BCUT2D eigenvalue weighted by Crippen LogP contribution is -2.36. The zero-order valence-corrected chi connectivity index (χ0v) is 13.8. The predicted octanol–water partition coefficient (Wildman–Crippen LogP) is 2.26. The van der Waals surface area contributed by atoms with Crippen molar-refractivity contribution >= 4 is 17.8 Å². The maximum atomic E-state index is 12.4. The molecule has 0 aliphatic carbocycles. The largest absolute Gasteiger partial charge is 0.465 e. The van der Waals surface area contributed by atoms with Gasteiger partial charge in [0, 0.05) is 5.56 Å². The fourth-order valence-corrected chi connectivity index (χ4v) is 2.11. The Kier molecular flexibility index (Phi) is 6.71. The molecule has 0 radical (unpaired) electrons. The SMILES string of the molecule is CCOC(=O)CNC(=O)C(OC(=O)c1ccccc1)c1ccccc1. The molecule has 0 spiro atoms. The molecule has 0 aliphatic heterocycles. The van der Waals surface area contributed by atoms with E-state index in [1.165, 1.54) is 0 Å². The first-order valence-corrected chi connectivity index (χ1v) is 7.86. The lowest BCUT2D eigenvalue weighted by molar-refractivity contribution is -0.144. The summed E-state index contributed by atoms with van der Waals surface area (Å²) in [4.78, 5) is 36.1. The van der Waals surface area contributed by atoms with Crippen LogP contribution in [0.2, 0.25) is 0 Å². The maximum absolute atomic E-state index is 12.4. The van der Waals surface area contributed by atoms with Gasteiger partial charge < -0.3 is 14.8 Å². The summed E-state index contributed by atoms with van der Waals surface area (Å²) in [5.74, 6) is -1.78. The molecule has 0 saturated heterocycles. The molecule has 0 fully saturated rings. The first kappa shape index (κ1) is 18.2. The van der Waals surface area contributed by atoms with Gasteiger partial charge in [0.05, 0.1) is 12.2 Å². The Morgan fingerprint density at radius 1 is 0.960 bits per heavy atom. The summed E-state index contributed by atoms with van der Waals surface area (Å²) >= 11 is 0. The lowest BCUT2D eigenvalue weighted by Gasteiger charge is -2.18. The number of hydrogen-bond donors (Lipinski definition) is 1. The van der Waals surface area contributed by atoms with E-state index >= 15 is 0 Å². The topological polar surface area (TPSA) is 81.7 Å². The van der Waals surface area contributed by atoms with Crippen molar-refractivity contribution in [3.05, 3.63) is 71.8 Å². The molecule has 1 amide bonds. The summed E-state index contributed by atoms with van der Waals surface area (Å²) < 4.78 is 10.1. The summed E-state index contributed by atoms with van der Waals surface area (Å²) in [6, 6.07) is 17.0. The van der Waals surface area contributed by atoms with Gasteiger partial charge in [-0.1, -0.05) is 48.5 Å². The zero-order valence-electron chi connectivity index (χ0n) is 13.8. The molecule has 2 aromatic carbocycles. The Hall–Kier alpha value is -3.15. The molecule has 0 aliphatic rings. The number of nitrogens with one attached hydrogen (secondary N) is 1. The van der Waals surface area contributed by atoms with Gasteiger partial charge in [-0.15, -0.1) is 0 Å². The van der Waals surface area contributed by atoms with Gasteiger partial charge in [0.25, 0.3) is 5.91 Å². The highest BCUT2D eigenvalue weighted by Gasteiger charge is 2.26. The fraction of sp³-hybridized carbons (Fsp3) is 0.211. The van der Waals surface area contributed by atoms with Crippen molar-refractivity contribution in [3.8, 4) is 0 Å². The maximum Gasteiger partial charge on any atom is 0.339 e. The van der Waals surface area contributed by atoms with Crippen LogP contribution in [-0.2, 0) is 19.1 Å². The molecule has 1 N–H and O–H groups in total. The van der Waals surface area contributed by atoms with Crippen molar-refractivity contribution in [3.63, 3.8) is 0 Å². The monoisotopic (exact) mass is 341 g/mol. The first-order valence-electron chi connectivity index (χ1n) is 7.86. The van der Waals surface area contributed by atoms with Crippen LogP contribution in [0.1, 0.15) is 28.9 Å². The zero-order chi connectivity index (χ0) is 18.1. The Balaban J connectivity index is 2.12. The van der Waals surface area contributed by atoms with Gasteiger partial charge >= 0.3 is 11.9 Å². The molecule has 0 aromatic heterocycles. The number of benzene rings is 2. The van der Waals surface area contributed by atoms with Crippen LogP contribution in [0.5, 0.6) is 0 Å². The normalized spacial score (nSPS) is 11.2. The van der Waals surface area contributed by atoms with Crippen molar-refractivity contribution < 1.29 is 23.9 Å². The lowest BCUT2D eigenvalue weighted by atomic mass is 10.1.